The third-order valence-corrected chi connectivity index (χ3v) is 4.49. The van der Waals surface area contributed by atoms with E-state index in [1.165, 1.54) is 5.56 Å². The largest absolute Gasteiger partial charge is 0.484 e. The molecule has 4 rings (SSSR count). The van der Waals surface area contributed by atoms with Crippen molar-refractivity contribution in [3.63, 3.8) is 0 Å². The lowest BCUT2D eigenvalue weighted by atomic mass is 10.2. The van der Waals surface area contributed by atoms with Crippen LogP contribution in [-0.4, -0.2) is 32.7 Å². The molecule has 1 aliphatic carbocycles. The smallest absolute Gasteiger partial charge is 0.262 e. The van der Waals surface area contributed by atoms with Crippen LogP contribution in [0.5, 0.6) is 5.75 Å². The molecule has 0 unspecified atom stereocenters. The molecule has 138 valence electrons. The van der Waals surface area contributed by atoms with E-state index in [1.54, 1.807) is 0 Å². The first-order chi connectivity index (χ1) is 13.2. The van der Waals surface area contributed by atoms with Crippen LogP contribution in [0.2, 0.25) is 0 Å². The van der Waals surface area contributed by atoms with Crippen LogP contribution in [0.1, 0.15) is 31.4 Å². The number of benzene rings is 2. The molecule has 1 saturated carbocycles. The summed E-state index contributed by atoms with van der Waals surface area (Å²) in [5, 5.41) is 14.8. The minimum Gasteiger partial charge on any atom is -0.484 e. The fourth-order valence-electron chi connectivity index (χ4n) is 2.85. The lowest BCUT2D eigenvalue weighted by Gasteiger charge is -2.09. The quantitative estimate of drug-likeness (QED) is 0.697. The second-order valence-corrected chi connectivity index (χ2v) is 6.59. The van der Waals surface area contributed by atoms with Crippen molar-refractivity contribution in [2.45, 2.75) is 32.2 Å². The zero-order chi connectivity index (χ0) is 18.6. The van der Waals surface area contributed by atoms with Crippen LogP contribution >= 0.6 is 0 Å². The summed E-state index contributed by atoms with van der Waals surface area (Å²) in [5.74, 6) is 1.19. The molecule has 0 saturated heterocycles. The van der Waals surface area contributed by atoms with Crippen molar-refractivity contribution < 1.29 is 9.53 Å². The lowest BCUT2D eigenvalue weighted by Crippen LogP contribution is -2.20. The van der Waals surface area contributed by atoms with Gasteiger partial charge >= 0.3 is 0 Å². The number of hydrogen-bond donors (Lipinski definition) is 1. The van der Waals surface area contributed by atoms with Gasteiger partial charge in [0.05, 0.1) is 6.04 Å². The Kier molecular flexibility index (Phi) is 4.82. The molecular formula is C20H21N5O2. The van der Waals surface area contributed by atoms with E-state index in [2.05, 4.69) is 27.8 Å². The maximum Gasteiger partial charge on any atom is 0.262 e. The minimum absolute atomic E-state index is 0.0461. The molecule has 1 aromatic heterocycles. The van der Waals surface area contributed by atoms with E-state index in [0.29, 0.717) is 17.5 Å². The third-order valence-electron chi connectivity index (χ3n) is 4.49. The van der Waals surface area contributed by atoms with Gasteiger partial charge in [-0.2, -0.15) is 0 Å². The van der Waals surface area contributed by atoms with Gasteiger partial charge < -0.3 is 10.1 Å². The van der Waals surface area contributed by atoms with Crippen LogP contribution in [0.15, 0.2) is 48.5 Å². The predicted molar refractivity (Wildman–Crippen MR) is 101 cm³/mol. The number of amides is 1. The number of nitrogens with one attached hydrogen (secondary N) is 1. The van der Waals surface area contributed by atoms with Crippen molar-refractivity contribution in [1.29, 1.82) is 0 Å². The van der Waals surface area contributed by atoms with E-state index in [0.717, 1.165) is 30.7 Å². The Morgan fingerprint density at radius 1 is 1.22 bits per heavy atom. The van der Waals surface area contributed by atoms with E-state index in [9.17, 15) is 4.79 Å². The van der Waals surface area contributed by atoms with Gasteiger partial charge in [0, 0.05) is 11.3 Å². The number of rotatable bonds is 7. The zero-order valence-electron chi connectivity index (χ0n) is 15.1. The molecule has 1 N–H and O–H groups in total. The summed E-state index contributed by atoms with van der Waals surface area (Å²) in [4.78, 5) is 12.2. The molecule has 1 heterocycles. The summed E-state index contributed by atoms with van der Waals surface area (Å²) in [7, 11) is 0. The predicted octanol–water partition coefficient (Wildman–Crippen LogP) is 3.25. The molecule has 7 heteroatoms. The van der Waals surface area contributed by atoms with E-state index >= 15 is 0 Å². The average Bonchev–Trinajstić information content (AvgIpc) is 3.43. The number of aryl methyl sites for hydroxylation is 1. The first-order valence-corrected chi connectivity index (χ1v) is 9.13. The molecule has 0 atom stereocenters. The monoisotopic (exact) mass is 363 g/mol. The second-order valence-electron chi connectivity index (χ2n) is 6.59. The molecule has 1 fully saturated rings. The number of nitrogens with zero attached hydrogens (tertiary/aromatic N) is 4. The molecule has 0 spiro atoms. The van der Waals surface area contributed by atoms with Crippen LogP contribution in [-0.2, 0) is 11.2 Å². The molecule has 0 radical (unpaired) electrons. The number of aromatic nitrogens is 4. The van der Waals surface area contributed by atoms with Gasteiger partial charge in [-0.05, 0) is 59.5 Å². The van der Waals surface area contributed by atoms with Gasteiger partial charge in [0.25, 0.3) is 5.91 Å². The van der Waals surface area contributed by atoms with Gasteiger partial charge in [0.15, 0.2) is 12.4 Å². The molecule has 1 aliphatic rings. The minimum atomic E-state index is -0.214. The van der Waals surface area contributed by atoms with Gasteiger partial charge in [0.1, 0.15) is 5.75 Å². The molecule has 27 heavy (non-hydrogen) atoms. The number of carbonyl (C=O) groups excluding carboxylic acids is 1. The second kappa shape index (κ2) is 7.57. The summed E-state index contributed by atoms with van der Waals surface area (Å²) >= 11 is 0. The summed E-state index contributed by atoms with van der Waals surface area (Å²) < 4.78 is 7.40. The Hall–Kier alpha value is -3.22. The van der Waals surface area contributed by atoms with Crippen molar-refractivity contribution in [1.82, 2.24) is 20.2 Å². The summed E-state index contributed by atoms with van der Waals surface area (Å²) in [5.41, 5.74) is 2.80. The first-order valence-electron chi connectivity index (χ1n) is 9.13. The highest BCUT2D eigenvalue weighted by Crippen LogP contribution is 2.36. The van der Waals surface area contributed by atoms with Gasteiger partial charge in [0.2, 0.25) is 0 Å². The molecule has 0 aliphatic heterocycles. The van der Waals surface area contributed by atoms with Crippen molar-refractivity contribution in [3.05, 3.63) is 54.1 Å². The van der Waals surface area contributed by atoms with Crippen LogP contribution in [0.25, 0.3) is 11.4 Å². The van der Waals surface area contributed by atoms with Crippen molar-refractivity contribution >= 4 is 11.6 Å². The third kappa shape index (κ3) is 4.13. The fourth-order valence-corrected chi connectivity index (χ4v) is 2.85. The highest BCUT2D eigenvalue weighted by Gasteiger charge is 2.28. The number of tetrazole rings is 1. The summed E-state index contributed by atoms with van der Waals surface area (Å²) in [6, 6.07) is 15.7. The van der Waals surface area contributed by atoms with Crippen LogP contribution in [0.4, 0.5) is 5.69 Å². The number of anilines is 1. The van der Waals surface area contributed by atoms with Crippen LogP contribution in [0.3, 0.4) is 0 Å². The standard InChI is InChI=1S/C20H21N5O2/c1-2-14-6-10-18(11-7-14)27-13-19(26)21-16-5-3-4-15(12-16)20-22-23-24-25(20)17-8-9-17/h3-7,10-12,17H,2,8-9,13H2,1H3,(H,21,26). The maximum absolute atomic E-state index is 12.2. The first kappa shape index (κ1) is 17.2. The SMILES string of the molecule is CCc1ccc(OCC(=O)Nc2cccc(-c3nnnn3C3CC3)c2)cc1. The molecular weight excluding hydrogens is 342 g/mol. The van der Waals surface area contributed by atoms with Crippen LogP contribution in [0, 0.1) is 0 Å². The number of ether oxygens (including phenoxy) is 1. The number of hydrogen-bond acceptors (Lipinski definition) is 5. The van der Waals surface area contributed by atoms with Crippen molar-refractivity contribution in [2.24, 2.45) is 0 Å². The van der Waals surface area contributed by atoms with E-state index in [4.69, 9.17) is 4.74 Å². The topological polar surface area (TPSA) is 81.9 Å². The van der Waals surface area contributed by atoms with Crippen molar-refractivity contribution in [2.75, 3.05) is 11.9 Å². The number of carbonyl (C=O) groups is 1. The molecule has 2 aromatic carbocycles. The Bertz CT molecular complexity index is 932. The Morgan fingerprint density at radius 2 is 2.04 bits per heavy atom. The summed E-state index contributed by atoms with van der Waals surface area (Å²) in [6.07, 6.45) is 3.18. The van der Waals surface area contributed by atoms with E-state index in [-0.39, 0.29) is 12.5 Å². The highest BCUT2D eigenvalue weighted by atomic mass is 16.5. The van der Waals surface area contributed by atoms with Crippen molar-refractivity contribution in [3.8, 4) is 17.1 Å². The summed E-state index contributed by atoms with van der Waals surface area (Å²) in [6.45, 7) is 2.05. The Balaban J connectivity index is 1.38. The highest BCUT2D eigenvalue weighted by molar-refractivity contribution is 5.92. The van der Waals surface area contributed by atoms with Gasteiger partial charge in [-0.25, -0.2) is 4.68 Å². The Morgan fingerprint density at radius 3 is 2.78 bits per heavy atom. The normalized spacial score (nSPS) is 13.4. The van der Waals surface area contributed by atoms with Gasteiger partial charge in [-0.1, -0.05) is 31.2 Å². The molecule has 1 amide bonds. The van der Waals surface area contributed by atoms with Gasteiger partial charge in [-0.15, -0.1) is 5.10 Å². The van der Waals surface area contributed by atoms with E-state index in [1.807, 2.05) is 53.2 Å². The maximum atomic E-state index is 12.2. The molecule has 0 bridgehead atoms. The average molecular weight is 363 g/mol. The molecule has 3 aromatic rings. The Labute approximate surface area is 157 Å². The fraction of sp³-hybridized carbons (Fsp3) is 0.300. The van der Waals surface area contributed by atoms with Crippen LogP contribution < -0.4 is 10.1 Å². The van der Waals surface area contributed by atoms with Gasteiger partial charge in [-0.3, -0.25) is 4.79 Å². The van der Waals surface area contributed by atoms with E-state index < -0.39 is 0 Å². The lowest BCUT2D eigenvalue weighted by molar-refractivity contribution is -0.118. The molecule has 7 nitrogen and oxygen atoms in total. The zero-order valence-corrected chi connectivity index (χ0v) is 15.1.